The lowest BCUT2D eigenvalue weighted by Crippen LogP contribution is -1.99. The molecule has 3 heteroatoms. The van der Waals surface area contributed by atoms with Gasteiger partial charge >= 0.3 is 0 Å². The van der Waals surface area contributed by atoms with Gasteiger partial charge in [0.15, 0.2) is 5.69 Å². The zero-order chi connectivity index (χ0) is 26.6. The fourth-order valence-corrected chi connectivity index (χ4v) is 6.28. The van der Waals surface area contributed by atoms with Crippen LogP contribution in [0.1, 0.15) is 0 Å². The van der Waals surface area contributed by atoms with Crippen molar-refractivity contribution < 1.29 is 0 Å². The van der Waals surface area contributed by atoms with Gasteiger partial charge in [-0.3, -0.25) is 0 Å². The van der Waals surface area contributed by atoms with Crippen molar-refractivity contribution in [3.05, 3.63) is 151 Å². The lowest BCUT2D eigenvalue weighted by atomic mass is 10.00. The van der Waals surface area contributed by atoms with E-state index in [2.05, 4.69) is 135 Å². The Balaban J connectivity index is 1.51. The van der Waals surface area contributed by atoms with Crippen LogP contribution in [0.3, 0.4) is 0 Å². The Bertz CT molecular complexity index is 2240. The molecule has 0 aliphatic carbocycles. The number of fused-ring (bicyclic) bond motifs is 6. The average Bonchev–Trinajstić information content (AvgIpc) is 3.54. The first-order chi connectivity index (χ1) is 19.8. The Labute approximate surface area is 231 Å². The van der Waals surface area contributed by atoms with Crippen LogP contribution in [0.5, 0.6) is 0 Å². The van der Waals surface area contributed by atoms with E-state index in [1.807, 2.05) is 18.2 Å². The molecule has 0 aliphatic rings. The molecule has 186 valence electrons. The van der Waals surface area contributed by atoms with Gasteiger partial charge < -0.3 is 9.13 Å². The molecule has 0 saturated carbocycles. The van der Waals surface area contributed by atoms with Crippen molar-refractivity contribution in [3.63, 3.8) is 0 Å². The molecule has 0 spiro atoms. The van der Waals surface area contributed by atoms with Gasteiger partial charge in [0.25, 0.3) is 0 Å². The molecule has 0 atom stereocenters. The second-order valence-electron chi connectivity index (χ2n) is 10.1. The number of nitrogens with zero attached hydrogens (tertiary/aromatic N) is 3. The molecule has 3 nitrogen and oxygen atoms in total. The first-order valence-electron chi connectivity index (χ1n) is 13.4. The van der Waals surface area contributed by atoms with Crippen LogP contribution in [0.2, 0.25) is 0 Å². The number of aromatic nitrogens is 2. The predicted molar refractivity (Wildman–Crippen MR) is 167 cm³/mol. The number of para-hydroxylation sites is 5. The average molecular weight is 510 g/mol. The molecule has 0 fully saturated rings. The minimum Gasteiger partial charge on any atom is -0.310 e. The van der Waals surface area contributed by atoms with Gasteiger partial charge in [-0.15, -0.1) is 0 Å². The molecule has 0 saturated heterocycles. The summed E-state index contributed by atoms with van der Waals surface area (Å²) in [5.41, 5.74) is 9.71. The fourth-order valence-electron chi connectivity index (χ4n) is 6.28. The van der Waals surface area contributed by atoms with E-state index in [0.29, 0.717) is 5.69 Å². The van der Waals surface area contributed by atoms with Gasteiger partial charge in [0, 0.05) is 38.4 Å². The standard InChI is InChI=1S/C37H23N3/c1-38-25-12-10-13-26(24-25)39-33-20-6-4-16-29(33)31-18-11-19-32(37(31)39)30-17-5-9-23-36(30)40-34-21-7-2-14-27(34)28-15-3-8-22-35(28)40/h2-24H. The largest absolute Gasteiger partial charge is 0.310 e. The maximum atomic E-state index is 7.62. The summed E-state index contributed by atoms with van der Waals surface area (Å²) in [6, 6.07) is 49.0. The van der Waals surface area contributed by atoms with Gasteiger partial charge in [-0.1, -0.05) is 103 Å². The van der Waals surface area contributed by atoms with E-state index in [0.717, 1.165) is 33.5 Å². The predicted octanol–water partition coefficient (Wildman–Crippen LogP) is 10.1. The van der Waals surface area contributed by atoms with Gasteiger partial charge in [0.05, 0.1) is 34.3 Å². The monoisotopic (exact) mass is 509 g/mol. The summed E-state index contributed by atoms with van der Waals surface area (Å²) >= 11 is 0. The van der Waals surface area contributed by atoms with Crippen LogP contribution in [0, 0.1) is 6.57 Å². The van der Waals surface area contributed by atoms with E-state index < -0.39 is 0 Å². The second kappa shape index (κ2) is 8.73. The van der Waals surface area contributed by atoms with E-state index in [1.54, 1.807) is 0 Å². The minimum absolute atomic E-state index is 0.631. The summed E-state index contributed by atoms with van der Waals surface area (Å²) in [6.45, 7) is 7.62. The Hall–Kier alpha value is -5.59. The molecule has 8 rings (SSSR count). The summed E-state index contributed by atoms with van der Waals surface area (Å²) in [7, 11) is 0. The molecule has 2 heterocycles. The van der Waals surface area contributed by atoms with Gasteiger partial charge in [0.1, 0.15) is 0 Å². The molecule has 6 aromatic carbocycles. The van der Waals surface area contributed by atoms with E-state index >= 15 is 0 Å². The van der Waals surface area contributed by atoms with E-state index in [1.165, 1.54) is 32.6 Å². The van der Waals surface area contributed by atoms with Crippen molar-refractivity contribution >= 4 is 49.3 Å². The molecule has 0 N–H and O–H groups in total. The summed E-state index contributed by atoms with van der Waals surface area (Å²) in [5.74, 6) is 0. The maximum absolute atomic E-state index is 7.62. The summed E-state index contributed by atoms with van der Waals surface area (Å²) in [5, 5.41) is 4.88. The quantitative estimate of drug-likeness (QED) is 0.210. The summed E-state index contributed by atoms with van der Waals surface area (Å²) in [6.07, 6.45) is 0. The Morgan fingerprint density at radius 2 is 0.975 bits per heavy atom. The van der Waals surface area contributed by atoms with Crippen molar-refractivity contribution in [2.45, 2.75) is 0 Å². The first-order valence-corrected chi connectivity index (χ1v) is 13.4. The number of hydrogen-bond donors (Lipinski definition) is 0. The van der Waals surface area contributed by atoms with E-state index in [-0.39, 0.29) is 0 Å². The van der Waals surface area contributed by atoms with Crippen LogP contribution in [0.4, 0.5) is 5.69 Å². The zero-order valence-corrected chi connectivity index (χ0v) is 21.6. The van der Waals surface area contributed by atoms with Gasteiger partial charge in [0.2, 0.25) is 0 Å². The van der Waals surface area contributed by atoms with Crippen molar-refractivity contribution in [2.24, 2.45) is 0 Å². The first kappa shape index (κ1) is 22.4. The van der Waals surface area contributed by atoms with Crippen LogP contribution in [-0.4, -0.2) is 9.13 Å². The molecular formula is C37H23N3. The van der Waals surface area contributed by atoms with Crippen molar-refractivity contribution in [1.82, 2.24) is 9.13 Å². The molecular weight excluding hydrogens is 486 g/mol. The lowest BCUT2D eigenvalue weighted by Gasteiger charge is -2.17. The second-order valence-corrected chi connectivity index (χ2v) is 10.1. The van der Waals surface area contributed by atoms with Gasteiger partial charge in [-0.05, 0) is 36.4 Å². The molecule has 40 heavy (non-hydrogen) atoms. The zero-order valence-electron chi connectivity index (χ0n) is 21.6. The van der Waals surface area contributed by atoms with Crippen molar-refractivity contribution in [3.8, 4) is 22.5 Å². The highest BCUT2D eigenvalue weighted by Gasteiger charge is 2.20. The highest BCUT2D eigenvalue weighted by atomic mass is 15.0. The fraction of sp³-hybridized carbons (Fsp3) is 0. The number of hydrogen-bond acceptors (Lipinski definition) is 0. The smallest absolute Gasteiger partial charge is 0.189 e. The topological polar surface area (TPSA) is 14.2 Å². The molecule has 0 radical (unpaired) electrons. The molecule has 2 aromatic heterocycles. The SMILES string of the molecule is [C-]#[N+]c1cccc(-n2c3ccccc3c3cccc(-c4ccccc4-n4c5ccccc5c5ccccc54)c32)c1. The molecule has 0 aliphatic heterocycles. The lowest BCUT2D eigenvalue weighted by molar-refractivity contribution is 1.17. The van der Waals surface area contributed by atoms with E-state index in [4.69, 9.17) is 6.57 Å². The third-order valence-electron chi connectivity index (χ3n) is 7.93. The minimum atomic E-state index is 0.631. The normalized spacial score (nSPS) is 11.5. The molecule has 0 unspecified atom stereocenters. The maximum Gasteiger partial charge on any atom is 0.189 e. The number of rotatable bonds is 3. The summed E-state index contributed by atoms with van der Waals surface area (Å²) < 4.78 is 4.71. The molecule has 8 aromatic rings. The third kappa shape index (κ3) is 3.17. The van der Waals surface area contributed by atoms with Crippen LogP contribution >= 0.6 is 0 Å². The summed E-state index contributed by atoms with van der Waals surface area (Å²) in [4.78, 5) is 3.72. The van der Waals surface area contributed by atoms with Crippen molar-refractivity contribution in [2.75, 3.05) is 0 Å². The van der Waals surface area contributed by atoms with Crippen LogP contribution < -0.4 is 0 Å². The van der Waals surface area contributed by atoms with Crippen LogP contribution in [0.25, 0.3) is 71.0 Å². The Kier molecular flexibility index (Phi) is 4.89. The van der Waals surface area contributed by atoms with Crippen LogP contribution in [0.15, 0.2) is 140 Å². The molecule has 0 bridgehead atoms. The van der Waals surface area contributed by atoms with Crippen LogP contribution in [-0.2, 0) is 0 Å². The molecule has 0 amide bonds. The highest BCUT2D eigenvalue weighted by Crippen LogP contribution is 2.42. The van der Waals surface area contributed by atoms with Gasteiger partial charge in [-0.2, -0.15) is 0 Å². The van der Waals surface area contributed by atoms with Crippen molar-refractivity contribution in [1.29, 1.82) is 0 Å². The highest BCUT2D eigenvalue weighted by molar-refractivity contribution is 6.15. The van der Waals surface area contributed by atoms with Gasteiger partial charge in [-0.25, -0.2) is 4.85 Å². The Morgan fingerprint density at radius 1 is 0.450 bits per heavy atom. The van der Waals surface area contributed by atoms with E-state index in [9.17, 15) is 0 Å². The Morgan fingerprint density at radius 3 is 1.68 bits per heavy atom. The third-order valence-corrected chi connectivity index (χ3v) is 7.93. The number of benzene rings is 6.